The van der Waals surface area contributed by atoms with Gasteiger partial charge in [0.15, 0.2) is 0 Å². The Morgan fingerprint density at radius 1 is 1.24 bits per heavy atom. The van der Waals surface area contributed by atoms with E-state index in [1.807, 2.05) is 17.0 Å². The van der Waals surface area contributed by atoms with Gasteiger partial charge in [-0.1, -0.05) is 24.4 Å². The molecule has 2 N–H and O–H groups in total. The zero-order valence-corrected chi connectivity index (χ0v) is 12.3. The standard InChI is InChI=1S/C16H16N2O2S/c17-15(21)11-3-5-12(6-4-11)16(19)18(13-7-8-13)10-14-2-1-9-20-14/h1-6,9,13H,7-8,10H2,(H2,17,21). The molecule has 5 heteroatoms. The van der Waals surface area contributed by atoms with Crippen molar-refractivity contribution < 1.29 is 9.21 Å². The van der Waals surface area contributed by atoms with E-state index in [-0.39, 0.29) is 5.91 Å². The van der Waals surface area contributed by atoms with E-state index in [2.05, 4.69) is 0 Å². The summed E-state index contributed by atoms with van der Waals surface area (Å²) in [6.45, 7) is 0.507. The molecule has 1 aromatic carbocycles. The molecule has 1 aliphatic rings. The topological polar surface area (TPSA) is 59.5 Å². The zero-order valence-electron chi connectivity index (χ0n) is 11.5. The van der Waals surface area contributed by atoms with Crippen molar-refractivity contribution in [2.45, 2.75) is 25.4 Å². The fourth-order valence-corrected chi connectivity index (χ4v) is 2.40. The summed E-state index contributed by atoms with van der Waals surface area (Å²) in [7, 11) is 0. The van der Waals surface area contributed by atoms with Crippen molar-refractivity contribution in [1.29, 1.82) is 0 Å². The highest BCUT2D eigenvalue weighted by molar-refractivity contribution is 7.80. The smallest absolute Gasteiger partial charge is 0.254 e. The Labute approximate surface area is 128 Å². The van der Waals surface area contributed by atoms with Gasteiger partial charge in [0.1, 0.15) is 10.7 Å². The van der Waals surface area contributed by atoms with Crippen LogP contribution in [-0.4, -0.2) is 21.8 Å². The van der Waals surface area contributed by atoms with Gasteiger partial charge in [0.2, 0.25) is 0 Å². The van der Waals surface area contributed by atoms with Crippen LogP contribution in [0.15, 0.2) is 47.1 Å². The third-order valence-electron chi connectivity index (χ3n) is 3.57. The van der Waals surface area contributed by atoms with Gasteiger partial charge < -0.3 is 15.1 Å². The number of furan rings is 1. The lowest BCUT2D eigenvalue weighted by atomic mass is 10.1. The van der Waals surface area contributed by atoms with Crippen LogP contribution >= 0.6 is 12.2 Å². The second kappa shape index (κ2) is 5.69. The molecule has 0 atom stereocenters. The molecule has 0 radical (unpaired) electrons. The van der Waals surface area contributed by atoms with Gasteiger partial charge in [-0.25, -0.2) is 0 Å². The van der Waals surface area contributed by atoms with Crippen molar-refractivity contribution in [2.75, 3.05) is 0 Å². The average Bonchev–Trinajstić information content (AvgIpc) is 3.20. The molecule has 4 nitrogen and oxygen atoms in total. The summed E-state index contributed by atoms with van der Waals surface area (Å²) in [6, 6.07) is 11.2. The van der Waals surface area contributed by atoms with Crippen LogP contribution in [0.4, 0.5) is 0 Å². The largest absolute Gasteiger partial charge is 0.467 e. The number of nitrogens with two attached hydrogens (primary N) is 1. The maximum atomic E-state index is 12.7. The van der Waals surface area contributed by atoms with Gasteiger partial charge >= 0.3 is 0 Å². The number of carbonyl (C=O) groups excluding carboxylic acids is 1. The molecule has 0 unspecified atom stereocenters. The van der Waals surface area contributed by atoms with Gasteiger partial charge in [0, 0.05) is 17.2 Å². The van der Waals surface area contributed by atoms with Crippen LogP contribution in [0.3, 0.4) is 0 Å². The highest BCUT2D eigenvalue weighted by atomic mass is 32.1. The van der Waals surface area contributed by atoms with Gasteiger partial charge in [0.05, 0.1) is 12.8 Å². The van der Waals surface area contributed by atoms with E-state index in [1.54, 1.807) is 30.5 Å². The number of hydrogen-bond donors (Lipinski definition) is 1. The first-order chi connectivity index (χ1) is 10.1. The minimum atomic E-state index is 0.0170. The van der Waals surface area contributed by atoms with E-state index >= 15 is 0 Å². The van der Waals surface area contributed by atoms with Crippen molar-refractivity contribution in [2.24, 2.45) is 5.73 Å². The van der Waals surface area contributed by atoms with Crippen molar-refractivity contribution in [3.63, 3.8) is 0 Å². The van der Waals surface area contributed by atoms with Gasteiger partial charge in [-0.05, 0) is 37.1 Å². The summed E-state index contributed by atoms with van der Waals surface area (Å²) >= 11 is 4.92. The van der Waals surface area contributed by atoms with Crippen LogP contribution in [0.1, 0.15) is 34.5 Å². The molecule has 3 rings (SSSR count). The number of rotatable bonds is 5. The molecule has 1 saturated carbocycles. The number of carbonyl (C=O) groups is 1. The molecule has 0 bridgehead atoms. The molecule has 108 valence electrons. The van der Waals surface area contributed by atoms with Crippen LogP contribution in [0.2, 0.25) is 0 Å². The Kier molecular flexibility index (Phi) is 3.75. The lowest BCUT2D eigenvalue weighted by molar-refractivity contribution is 0.0717. The van der Waals surface area contributed by atoms with Gasteiger partial charge in [-0.15, -0.1) is 0 Å². The summed E-state index contributed by atoms with van der Waals surface area (Å²) in [4.78, 5) is 14.9. The van der Waals surface area contributed by atoms with Crippen molar-refractivity contribution in [1.82, 2.24) is 4.90 Å². The normalized spacial score (nSPS) is 13.9. The monoisotopic (exact) mass is 300 g/mol. The Morgan fingerprint density at radius 2 is 1.90 bits per heavy atom. The van der Waals surface area contributed by atoms with Crippen LogP contribution < -0.4 is 5.73 Å². The average molecular weight is 300 g/mol. The molecule has 2 aromatic rings. The Morgan fingerprint density at radius 3 is 2.43 bits per heavy atom. The van der Waals surface area contributed by atoms with Crippen LogP contribution in [0, 0.1) is 0 Å². The zero-order chi connectivity index (χ0) is 14.8. The molecule has 1 amide bonds. The van der Waals surface area contributed by atoms with Gasteiger partial charge in [-0.2, -0.15) is 0 Å². The van der Waals surface area contributed by atoms with E-state index < -0.39 is 0 Å². The van der Waals surface area contributed by atoms with E-state index in [9.17, 15) is 4.79 Å². The molecule has 0 aliphatic heterocycles. The van der Waals surface area contributed by atoms with Crippen LogP contribution in [0.25, 0.3) is 0 Å². The van der Waals surface area contributed by atoms with Gasteiger partial charge in [0.25, 0.3) is 5.91 Å². The van der Waals surface area contributed by atoms with Gasteiger partial charge in [-0.3, -0.25) is 4.79 Å². The fourth-order valence-electron chi connectivity index (χ4n) is 2.27. The lowest BCUT2D eigenvalue weighted by Gasteiger charge is -2.21. The Hall–Kier alpha value is -2.14. The van der Waals surface area contributed by atoms with E-state index in [1.165, 1.54) is 0 Å². The summed E-state index contributed by atoms with van der Waals surface area (Å²) in [5, 5.41) is 0. The summed E-state index contributed by atoms with van der Waals surface area (Å²) in [5.74, 6) is 0.818. The second-order valence-electron chi connectivity index (χ2n) is 5.19. The summed E-state index contributed by atoms with van der Waals surface area (Å²) in [6.07, 6.45) is 3.73. The number of benzene rings is 1. The third-order valence-corrected chi connectivity index (χ3v) is 3.81. The van der Waals surface area contributed by atoms with Crippen molar-refractivity contribution in [3.05, 3.63) is 59.5 Å². The molecule has 0 saturated heterocycles. The molecule has 0 spiro atoms. The molecule has 1 heterocycles. The van der Waals surface area contributed by atoms with E-state index in [4.69, 9.17) is 22.4 Å². The maximum absolute atomic E-state index is 12.7. The molecular weight excluding hydrogens is 284 g/mol. The highest BCUT2D eigenvalue weighted by Gasteiger charge is 2.33. The summed E-state index contributed by atoms with van der Waals surface area (Å²) in [5.41, 5.74) is 6.99. The molecule has 21 heavy (non-hydrogen) atoms. The lowest BCUT2D eigenvalue weighted by Crippen LogP contribution is -2.32. The number of thiocarbonyl (C=S) groups is 1. The quantitative estimate of drug-likeness (QED) is 0.863. The second-order valence-corrected chi connectivity index (χ2v) is 5.63. The number of nitrogens with zero attached hydrogens (tertiary/aromatic N) is 1. The SMILES string of the molecule is NC(=S)c1ccc(C(=O)N(Cc2ccco2)C2CC2)cc1. The number of hydrogen-bond acceptors (Lipinski definition) is 3. The maximum Gasteiger partial charge on any atom is 0.254 e. The minimum Gasteiger partial charge on any atom is -0.467 e. The molecule has 1 fully saturated rings. The molecule has 1 aliphatic carbocycles. The van der Waals surface area contributed by atoms with Crippen LogP contribution in [0.5, 0.6) is 0 Å². The Bertz CT molecular complexity index is 645. The predicted molar refractivity (Wildman–Crippen MR) is 83.9 cm³/mol. The Balaban J connectivity index is 1.79. The fraction of sp³-hybridized carbons (Fsp3) is 0.250. The first-order valence-corrected chi connectivity index (χ1v) is 7.29. The highest BCUT2D eigenvalue weighted by Crippen LogP contribution is 2.30. The predicted octanol–water partition coefficient (Wildman–Crippen LogP) is 2.72. The van der Waals surface area contributed by atoms with Crippen molar-refractivity contribution >= 4 is 23.1 Å². The number of amides is 1. The van der Waals surface area contributed by atoms with E-state index in [0.717, 1.165) is 24.2 Å². The van der Waals surface area contributed by atoms with E-state index in [0.29, 0.717) is 23.1 Å². The first-order valence-electron chi connectivity index (χ1n) is 6.88. The third kappa shape index (κ3) is 3.13. The first kappa shape index (κ1) is 13.8. The minimum absolute atomic E-state index is 0.0170. The van der Waals surface area contributed by atoms with Crippen molar-refractivity contribution in [3.8, 4) is 0 Å². The molecule has 1 aromatic heterocycles. The summed E-state index contributed by atoms with van der Waals surface area (Å²) < 4.78 is 5.35. The van der Waals surface area contributed by atoms with Crippen LogP contribution in [-0.2, 0) is 6.54 Å². The molecular formula is C16H16N2O2S.